The van der Waals surface area contributed by atoms with Crippen LogP contribution in [0.5, 0.6) is 0 Å². The Labute approximate surface area is 132 Å². The summed E-state index contributed by atoms with van der Waals surface area (Å²) in [5.41, 5.74) is 0.742. The van der Waals surface area contributed by atoms with Crippen LogP contribution in [-0.4, -0.2) is 47.9 Å². The third-order valence-electron chi connectivity index (χ3n) is 5.92. The number of fused-ring (bicyclic) bond motifs is 4. The van der Waals surface area contributed by atoms with Gasteiger partial charge in [0.2, 0.25) is 0 Å². The highest BCUT2D eigenvalue weighted by atomic mass is 16.3. The fraction of sp³-hybridized carbons (Fsp3) is 0.722. The highest BCUT2D eigenvalue weighted by molar-refractivity contribution is 5.95. The summed E-state index contributed by atoms with van der Waals surface area (Å²) in [7, 11) is 0. The van der Waals surface area contributed by atoms with Crippen molar-refractivity contribution in [3.8, 4) is 0 Å². The van der Waals surface area contributed by atoms with Crippen LogP contribution in [0.1, 0.15) is 48.2 Å². The Balaban J connectivity index is 1.48. The lowest BCUT2D eigenvalue weighted by atomic mass is 9.83. The van der Waals surface area contributed by atoms with E-state index in [2.05, 4.69) is 9.80 Å². The predicted molar refractivity (Wildman–Crippen MR) is 84.8 cm³/mol. The van der Waals surface area contributed by atoms with Crippen LogP contribution in [0.25, 0.3) is 0 Å². The van der Waals surface area contributed by atoms with Gasteiger partial charge in [-0.2, -0.15) is 0 Å². The molecule has 0 unspecified atom stereocenters. The van der Waals surface area contributed by atoms with Crippen molar-refractivity contribution < 1.29 is 9.21 Å². The molecule has 2 bridgehead atoms. The lowest BCUT2D eigenvalue weighted by Crippen LogP contribution is -2.47. The molecule has 3 aliphatic heterocycles. The minimum atomic E-state index is 0.161. The number of aryl methyl sites for hydroxylation is 1. The Morgan fingerprint density at radius 2 is 2.09 bits per heavy atom. The number of carbonyl (C=O) groups is 1. The van der Waals surface area contributed by atoms with E-state index in [1.807, 2.05) is 13.0 Å². The van der Waals surface area contributed by atoms with Crippen LogP contribution in [0.4, 0.5) is 0 Å². The van der Waals surface area contributed by atoms with Crippen LogP contribution in [-0.2, 0) is 0 Å². The summed E-state index contributed by atoms with van der Waals surface area (Å²) in [5.74, 6) is 2.47. The molecular formula is C18H26N2O2. The van der Waals surface area contributed by atoms with Crippen molar-refractivity contribution in [3.05, 3.63) is 23.7 Å². The highest BCUT2D eigenvalue weighted by Crippen LogP contribution is 2.33. The van der Waals surface area contributed by atoms with Crippen LogP contribution >= 0.6 is 0 Å². The molecule has 4 nitrogen and oxygen atoms in total. The zero-order valence-corrected chi connectivity index (χ0v) is 13.5. The number of amides is 1. The first-order valence-corrected chi connectivity index (χ1v) is 8.78. The minimum Gasteiger partial charge on any atom is -0.469 e. The van der Waals surface area contributed by atoms with E-state index in [1.54, 1.807) is 6.26 Å². The van der Waals surface area contributed by atoms with Gasteiger partial charge in [0, 0.05) is 32.2 Å². The van der Waals surface area contributed by atoms with E-state index < -0.39 is 0 Å². The van der Waals surface area contributed by atoms with Gasteiger partial charge >= 0.3 is 0 Å². The van der Waals surface area contributed by atoms with Gasteiger partial charge in [-0.25, -0.2) is 0 Å². The Morgan fingerprint density at radius 3 is 2.77 bits per heavy atom. The first-order chi connectivity index (χ1) is 10.7. The fourth-order valence-corrected chi connectivity index (χ4v) is 4.35. The van der Waals surface area contributed by atoms with Crippen LogP contribution in [0.3, 0.4) is 0 Å². The van der Waals surface area contributed by atoms with E-state index in [-0.39, 0.29) is 5.91 Å². The Kier molecular flexibility index (Phi) is 3.73. The molecule has 1 aliphatic carbocycles. The molecule has 0 aromatic carbocycles. The molecule has 0 spiro atoms. The number of piperidine rings is 1. The minimum absolute atomic E-state index is 0.161. The SMILES string of the molecule is Cc1occc1C(=O)N1C[C@@H]2CC[C@H](C1)N(CC1CCC1)C2. The van der Waals surface area contributed by atoms with Crippen molar-refractivity contribution in [1.82, 2.24) is 9.80 Å². The third kappa shape index (κ3) is 2.58. The van der Waals surface area contributed by atoms with Crippen molar-refractivity contribution in [3.63, 3.8) is 0 Å². The van der Waals surface area contributed by atoms with E-state index in [9.17, 15) is 4.79 Å². The summed E-state index contributed by atoms with van der Waals surface area (Å²) in [5, 5.41) is 0. The van der Waals surface area contributed by atoms with Gasteiger partial charge in [0.05, 0.1) is 11.8 Å². The third-order valence-corrected chi connectivity index (χ3v) is 5.92. The number of rotatable bonds is 3. The highest BCUT2D eigenvalue weighted by Gasteiger charge is 2.38. The summed E-state index contributed by atoms with van der Waals surface area (Å²) >= 11 is 0. The average Bonchev–Trinajstić information content (AvgIpc) is 2.71. The smallest absolute Gasteiger partial charge is 0.257 e. The van der Waals surface area contributed by atoms with Gasteiger partial charge in [0.15, 0.2) is 0 Å². The van der Waals surface area contributed by atoms with Crippen LogP contribution < -0.4 is 0 Å². The molecule has 4 heteroatoms. The number of hydrogen-bond acceptors (Lipinski definition) is 3. The molecule has 1 aromatic heterocycles. The normalized spacial score (nSPS) is 29.4. The zero-order chi connectivity index (χ0) is 15.1. The van der Waals surface area contributed by atoms with Crippen LogP contribution in [0.15, 0.2) is 16.7 Å². The number of nitrogens with zero attached hydrogens (tertiary/aromatic N) is 2. The van der Waals surface area contributed by atoms with E-state index >= 15 is 0 Å². The topological polar surface area (TPSA) is 36.7 Å². The molecule has 120 valence electrons. The maximum absolute atomic E-state index is 12.8. The number of furan rings is 1. The van der Waals surface area contributed by atoms with E-state index in [0.717, 1.165) is 30.3 Å². The van der Waals surface area contributed by atoms with Gasteiger partial charge in [0.1, 0.15) is 5.76 Å². The van der Waals surface area contributed by atoms with Gasteiger partial charge in [-0.3, -0.25) is 9.69 Å². The molecule has 5 rings (SSSR count). The summed E-state index contributed by atoms with van der Waals surface area (Å²) in [6, 6.07) is 2.38. The molecule has 2 atom stereocenters. The lowest BCUT2D eigenvalue weighted by Gasteiger charge is -2.40. The largest absolute Gasteiger partial charge is 0.469 e. The molecule has 0 N–H and O–H groups in total. The maximum atomic E-state index is 12.8. The van der Waals surface area contributed by atoms with Crippen molar-refractivity contribution in [2.75, 3.05) is 26.2 Å². The molecule has 3 saturated heterocycles. The monoisotopic (exact) mass is 302 g/mol. The van der Waals surface area contributed by atoms with Crippen LogP contribution in [0.2, 0.25) is 0 Å². The van der Waals surface area contributed by atoms with Crippen molar-refractivity contribution in [2.45, 2.75) is 45.1 Å². The Morgan fingerprint density at radius 1 is 1.23 bits per heavy atom. The number of hydrogen-bond donors (Lipinski definition) is 0. The second kappa shape index (κ2) is 5.73. The molecule has 4 fully saturated rings. The molecule has 0 radical (unpaired) electrons. The second-order valence-electron chi connectivity index (χ2n) is 7.45. The Bertz CT molecular complexity index is 549. The van der Waals surface area contributed by atoms with Gasteiger partial charge in [0.25, 0.3) is 5.91 Å². The van der Waals surface area contributed by atoms with Gasteiger partial charge in [-0.05, 0) is 50.5 Å². The summed E-state index contributed by atoms with van der Waals surface area (Å²) in [6.45, 7) is 6.14. The lowest BCUT2D eigenvalue weighted by molar-refractivity contribution is 0.0715. The molecule has 22 heavy (non-hydrogen) atoms. The molecule has 1 amide bonds. The molecule has 4 heterocycles. The van der Waals surface area contributed by atoms with Crippen molar-refractivity contribution in [1.29, 1.82) is 0 Å². The quantitative estimate of drug-likeness (QED) is 0.861. The van der Waals surface area contributed by atoms with E-state index in [4.69, 9.17) is 4.42 Å². The van der Waals surface area contributed by atoms with Gasteiger partial charge < -0.3 is 9.32 Å². The molecule has 1 aromatic rings. The van der Waals surface area contributed by atoms with Crippen molar-refractivity contribution in [2.24, 2.45) is 11.8 Å². The maximum Gasteiger partial charge on any atom is 0.257 e. The summed E-state index contributed by atoms with van der Waals surface area (Å²) < 4.78 is 5.31. The fourth-order valence-electron chi connectivity index (χ4n) is 4.35. The zero-order valence-electron chi connectivity index (χ0n) is 13.5. The van der Waals surface area contributed by atoms with E-state index in [0.29, 0.717) is 12.0 Å². The predicted octanol–water partition coefficient (Wildman–Crippen LogP) is 2.92. The Hall–Kier alpha value is -1.29. The molecular weight excluding hydrogens is 276 g/mol. The standard InChI is InChI=1S/C18H26N2O2/c1-13-17(7-8-22-13)18(21)20-11-15-5-6-16(12-20)19(10-15)9-14-3-2-4-14/h7-8,14-16H,2-6,9-12H2,1H3/t15-,16-/m1/s1. The van der Waals surface area contributed by atoms with E-state index in [1.165, 1.54) is 45.2 Å². The average molecular weight is 302 g/mol. The summed E-state index contributed by atoms with van der Waals surface area (Å²) in [4.78, 5) is 17.6. The summed E-state index contributed by atoms with van der Waals surface area (Å²) in [6.07, 6.45) is 8.38. The first-order valence-electron chi connectivity index (χ1n) is 8.78. The first kappa shape index (κ1) is 14.3. The second-order valence-corrected chi connectivity index (χ2v) is 7.45. The number of carbonyl (C=O) groups excluding carboxylic acids is 1. The molecule has 4 aliphatic rings. The molecule has 1 saturated carbocycles. The van der Waals surface area contributed by atoms with Crippen LogP contribution in [0, 0.1) is 18.8 Å². The van der Waals surface area contributed by atoms with Gasteiger partial charge in [-0.1, -0.05) is 6.42 Å². The van der Waals surface area contributed by atoms with Crippen molar-refractivity contribution >= 4 is 5.91 Å². The van der Waals surface area contributed by atoms with Gasteiger partial charge in [-0.15, -0.1) is 0 Å².